The summed E-state index contributed by atoms with van der Waals surface area (Å²) in [6.07, 6.45) is 0.538. The van der Waals surface area contributed by atoms with Gasteiger partial charge in [0.05, 0.1) is 35.7 Å². The lowest BCUT2D eigenvalue weighted by molar-refractivity contribution is -0.147. The minimum atomic E-state index is -1.45. The van der Waals surface area contributed by atoms with Gasteiger partial charge in [0.15, 0.2) is 0 Å². The van der Waals surface area contributed by atoms with E-state index >= 15 is 0 Å². The van der Waals surface area contributed by atoms with Gasteiger partial charge in [-0.3, -0.25) is 9.69 Å². The Balaban J connectivity index is 1.49. The number of thioether (sulfide) groups is 2. The van der Waals surface area contributed by atoms with Crippen molar-refractivity contribution in [1.29, 1.82) is 0 Å². The molecule has 2 aromatic carbocycles. The van der Waals surface area contributed by atoms with Crippen LogP contribution in [0.2, 0.25) is 0 Å². The predicted molar refractivity (Wildman–Crippen MR) is 175 cm³/mol. The number of carbonyl (C=O) groups excluding carboxylic acids is 6. The molecular formula is C32H38N2O12S2. The zero-order valence-electron chi connectivity index (χ0n) is 26.6. The molecule has 0 saturated carbocycles. The number of hydrogen-bond acceptors (Lipinski definition) is 15. The van der Waals surface area contributed by atoms with Crippen LogP contribution in [0.25, 0.3) is 0 Å². The van der Waals surface area contributed by atoms with Crippen molar-refractivity contribution >= 4 is 57.9 Å². The zero-order valence-corrected chi connectivity index (χ0v) is 28.2. The first kappa shape index (κ1) is 38.3. The molecule has 16 heteroatoms. The lowest BCUT2D eigenvalue weighted by Gasteiger charge is -2.27. The van der Waals surface area contributed by atoms with E-state index in [1.165, 1.54) is 26.0 Å². The van der Waals surface area contributed by atoms with E-state index in [4.69, 9.17) is 28.4 Å². The molecule has 1 heterocycles. The topological polar surface area (TPSA) is 173 Å². The average Bonchev–Trinajstić information content (AvgIpc) is 3.09. The second-order valence-corrected chi connectivity index (χ2v) is 13.1. The second-order valence-electron chi connectivity index (χ2n) is 10.5. The van der Waals surface area contributed by atoms with Crippen molar-refractivity contribution < 1.29 is 57.2 Å². The van der Waals surface area contributed by atoms with E-state index in [1.54, 1.807) is 48.5 Å². The van der Waals surface area contributed by atoms with Crippen LogP contribution in [0.15, 0.2) is 60.7 Å². The summed E-state index contributed by atoms with van der Waals surface area (Å²) in [7, 11) is 0. The maximum absolute atomic E-state index is 13.2. The molecule has 0 unspecified atom stereocenters. The Labute approximate surface area is 286 Å². The lowest BCUT2D eigenvalue weighted by Crippen LogP contribution is -2.50. The molecule has 1 aliphatic heterocycles. The maximum Gasteiger partial charge on any atom is 0.371 e. The summed E-state index contributed by atoms with van der Waals surface area (Å²) in [6.45, 7) is 5.09. The van der Waals surface area contributed by atoms with E-state index in [0.29, 0.717) is 49.7 Å². The van der Waals surface area contributed by atoms with Crippen molar-refractivity contribution in [3.8, 4) is 0 Å². The molecule has 0 spiro atoms. The molecule has 0 aromatic heterocycles. The van der Waals surface area contributed by atoms with Crippen molar-refractivity contribution in [2.75, 3.05) is 58.8 Å². The number of benzene rings is 2. The van der Waals surface area contributed by atoms with Crippen LogP contribution < -0.4 is 5.32 Å². The molecule has 2 aromatic rings. The van der Waals surface area contributed by atoms with E-state index in [2.05, 4.69) is 10.2 Å². The Morgan fingerprint density at radius 3 is 1.90 bits per heavy atom. The molecule has 3 rings (SSSR count). The second kappa shape index (κ2) is 20.3. The molecule has 1 saturated heterocycles. The monoisotopic (exact) mass is 706 g/mol. The van der Waals surface area contributed by atoms with Crippen LogP contribution in [-0.4, -0.2) is 109 Å². The first-order valence-corrected chi connectivity index (χ1v) is 16.7. The molecule has 0 radical (unpaired) electrons. The minimum Gasteiger partial charge on any atom is -0.464 e. The number of nitrogens with zero attached hydrogens (tertiary/aromatic N) is 1. The first-order chi connectivity index (χ1) is 23.0. The van der Waals surface area contributed by atoms with E-state index in [0.717, 1.165) is 13.1 Å². The number of nitrogens with one attached hydrogen (secondary N) is 1. The van der Waals surface area contributed by atoms with Crippen molar-refractivity contribution in [1.82, 2.24) is 10.2 Å². The van der Waals surface area contributed by atoms with E-state index in [-0.39, 0.29) is 23.5 Å². The van der Waals surface area contributed by atoms with Crippen molar-refractivity contribution in [3.63, 3.8) is 0 Å². The average molecular weight is 707 g/mol. The van der Waals surface area contributed by atoms with Crippen molar-refractivity contribution in [2.24, 2.45) is 0 Å². The number of morpholine rings is 1. The normalized spacial score (nSPS) is 13.8. The van der Waals surface area contributed by atoms with Gasteiger partial charge in [-0.15, -0.1) is 0 Å². The molecule has 1 aliphatic rings. The third-order valence-corrected chi connectivity index (χ3v) is 8.40. The van der Waals surface area contributed by atoms with Gasteiger partial charge in [-0.2, -0.15) is 0 Å². The highest BCUT2D eigenvalue weighted by Gasteiger charge is 2.36. The highest BCUT2D eigenvalue weighted by molar-refractivity contribution is 8.15. The Kier molecular flexibility index (Phi) is 16.2. The summed E-state index contributed by atoms with van der Waals surface area (Å²) < 4.78 is 29.0. The number of amides is 1. The van der Waals surface area contributed by atoms with Crippen LogP contribution in [0.5, 0.6) is 0 Å². The first-order valence-electron chi connectivity index (χ1n) is 14.9. The summed E-state index contributed by atoms with van der Waals surface area (Å²) in [5, 5.41) is 0.766. The Morgan fingerprint density at radius 1 is 0.792 bits per heavy atom. The van der Waals surface area contributed by atoms with Crippen LogP contribution in [0.1, 0.15) is 41.0 Å². The van der Waals surface area contributed by atoms with Gasteiger partial charge in [0.1, 0.15) is 6.04 Å². The Hall–Kier alpha value is -4.12. The summed E-state index contributed by atoms with van der Waals surface area (Å²) in [4.78, 5) is 77.3. The summed E-state index contributed by atoms with van der Waals surface area (Å²) in [6, 6.07) is 14.9. The van der Waals surface area contributed by atoms with E-state index < -0.39 is 58.8 Å². The van der Waals surface area contributed by atoms with Crippen LogP contribution in [0, 0.1) is 0 Å². The van der Waals surface area contributed by atoms with Crippen molar-refractivity contribution in [2.45, 2.75) is 31.1 Å². The highest BCUT2D eigenvalue weighted by atomic mass is 32.2. The van der Waals surface area contributed by atoms with Gasteiger partial charge in [-0.1, -0.05) is 36.4 Å². The minimum absolute atomic E-state index is 0.0687. The van der Waals surface area contributed by atoms with Gasteiger partial charge in [-0.05, 0) is 68.1 Å². The summed E-state index contributed by atoms with van der Waals surface area (Å²) in [5.74, 6) is -3.18. The molecule has 0 aliphatic carbocycles. The third kappa shape index (κ3) is 13.9. The van der Waals surface area contributed by atoms with Crippen LogP contribution in [-0.2, 0) is 38.0 Å². The Bertz CT molecular complexity index is 1370. The smallest absolute Gasteiger partial charge is 0.371 e. The molecule has 1 amide bonds. The molecular weight excluding hydrogens is 668 g/mol. The Morgan fingerprint density at radius 2 is 1.33 bits per heavy atom. The lowest BCUT2D eigenvalue weighted by atomic mass is 10.2. The quantitative estimate of drug-likeness (QED) is 0.115. The molecule has 260 valence electrons. The van der Waals surface area contributed by atoms with Crippen LogP contribution >= 0.6 is 23.5 Å². The molecule has 1 fully saturated rings. The van der Waals surface area contributed by atoms with Crippen LogP contribution in [0.3, 0.4) is 0 Å². The number of carbonyl (C=O) groups is 6. The predicted octanol–water partition coefficient (Wildman–Crippen LogP) is 3.88. The molecule has 48 heavy (non-hydrogen) atoms. The fourth-order valence-electron chi connectivity index (χ4n) is 3.94. The van der Waals surface area contributed by atoms with Crippen molar-refractivity contribution in [3.05, 3.63) is 71.8 Å². The van der Waals surface area contributed by atoms with E-state index in [9.17, 15) is 28.8 Å². The molecule has 0 bridgehead atoms. The largest absolute Gasteiger partial charge is 0.464 e. The number of hydrogen-bond donors (Lipinski definition) is 1. The highest BCUT2D eigenvalue weighted by Crippen LogP contribution is 2.27. The number of rotatable bonds is 16. The zero-order chi connectivity index (χ0) is 34.8. The fourth-order valence-corrected chi connectivity index (χ4v) is 5.27. The van der Waals surface area contributed by atoms with Gasteiger partial charge in [-0.25, -0.2) is 24.0 Å². The summed E-state index contributed by atoms with van der Waals surface area (Å²) >= 11 is 1.07. The number of esters is 3. The van der Waals surface area contributed by atoms with Crippen LogP contribution in [0.4, 0.5) is 9.59 Å². The SMILES string of the molecule is CC(C)(SC(=O)OCOC(=O)c1ccccc1)C(=O)N[C@@H](CSC(=O)OCOC(=O)c1ccccc1)C(=O)OCCCN1CCOCC1. The number of ether oxygens (including phenoxy) is 6. The molecule has 1 N–H and O–H groups in total. The van der Waals surface area contributed by atoms with Gasteiger partial charge < -0.3 is 33.7 Å². The maximum atomic E-state index is 13.2. The van der Waals surface area contributed by atoms with Gasteiger partial charge in [0.25, 0.3) is 0 Å². The third-order valence-electron chi connectivity index (χ3n) is 6.56. The standard InChI is InChI=1S/C32H38N2O12S2/c1-32(2,48-31(40)46-22-44-27(36)24-12-7-4-8-13-24)29(38)33-25(28(37)42-17-9-14-34-15-18-41-19-16-34)20-47-30(39)45-21-43-26(35)23-10-5-3-6-11-23/h3-8,10-13,25H,9,14-22H2,1-2H3,(H,33,38)/t25-/m0/s1. The van der Waals surface area contributed by atoms with Gasteiger partial charge in [0.2, 0.25) is 19.5 Å². The van der Waals surface area contributed by atoms with Gasteiger partial charge >= 0.3 is 28.5 Å². The van der Waals surface area contributed by atoms with E-state index in [1.807, 2.05) is 0 Å². The molecule has 1 atom stereocenters. The fraction of sp³-hybridized carbons (Fsp3) is 0.438. The molecule has 14 nitrogen and oxygen atoms in total. The summed E-state index contributed by atoms with van der Waals surface area (Å²) in [5.41, 5.74) is 0.549. The van der Waals surface area contributed by atoms with Gasteiger partial charge in [0, 0.05) is 25.4 Å².